The SMILES string of the molecule is Cc1ccc(S(=O)(=O)N(CCC(C)(C)C)C(=O)OC(C)(C)C)cc1. The van der Waals surface area contributed by atoms with Crippen molar-refractivity contribution in [3.05, 3.63) is 29.8 Å². The molecule has 0 fully saturated rings. The van der Waals surface area contributed by atoms with E-state index in [-0.39, 0.29) is 16.9 Å². The number of nitrogens with zero attached hydrogens (tertiary/aromatic N) is 1. The van der Waals surface area contributed by atoms with Gasteiger partial charge in [-0.05, 0) is 51.7 Å². The van der Waals surface area contributed by atoms with E-state index >= 15 is 0 Å². The highest BCUT2D eigenvalue weighted by Crippen LogP contribution is 2.24. The number of sulfonamides is 1. The first-order valence-corrected chi connectivity index (χ1v) is 9.49. The second-order valence-electron chi connectivity index (χ2n) is 8.18. The number of carbonyl (C=O) groups excluding carboxylic acids is 1. The fourth-order valence-corrected chi connectivity index (χ4v) is 3.20. The minimum Gasteiger partial charge on any atom is -0.443 e. The Balaban J connectivity index is 3.19. The molecule has 0 bridgehead atoms. The highest BCUT2D eigenvalue weighted by atomic mass is 32.2. The summed E-state index contributed by atoms with van der Waals surface area (Å²) in [6.07, 6.45) is -0.301. The van der Waals surface area contributed by atoms with Gasteiger partial charge in [0.15, 0.2) is 0 Å². The van der Waals surface area contributed by atoms with Crippen molar-refractivity contribution in [3.63, 3.8) is 0 Å². The average molecular weight is 356 g/mol. The number of ether oxygens (including phenoxy) is 1. The standard InChI is InChI=1S/C18H29NO4S/c1-14-8-10-15(11-9-14)24(21,22)19(13-12-17(2,3)4)16(20)23-18(5,6)7/h8-11H,12-13H2,1-7H3. The van der Waals surface area contributed by atoms with E-state index in [9.17, 15) is 13.2 Å². The van der Waals surface area contributed by atoms with Crippen LogP contribution in [0.4, 0.5) is 4.79 Å². The lowest BCUT2D eigenvalue weighted by atomic mass is 9.92. The molecule has 0 unspecified atom stereocenters. The van der Waals surface area contributed by atoms with Crippen molar-refractivity contribution in [3.8, 4) is 0 Å². The second kappa shape index (κ2) is 7.13. The van der Waals surface area contributed by atoms with Crippen LogP contribution in [0.3, 0.4) is 0 Å². The van der Waals surface area contributed by atoms with Crippen molar-refractivity contribution >= 4 is 16.1 Å². The molecule has 1 aromatic rings. The molecule has 0 heterocycles. The molecule has 0 aliphatic carbocycles. The second-order valence-corrected chi connectivity index (χ2v) is 10.0. The largest absolute Gasteiger partial charge is 0.443 e. The quantitative estimate of drug-likeness (QED) is 0.805. The first-order chi connectivity index (χ1) is 10.7. The summed E-state index contributed by atoms with van der Waals surface area (Å²) in [6.45, 7) is 13.1. The predicted molar refractivity (Wildman–Crippen MR) is 95.4 cm³/mol. The van der Waals surface area contributed by atoms with E-state index in [0.717, 1.165) is 9.87 Å². The van der Waals surface area contributed by atoms with Gasteiger partial charge in [0.2, 0.25) is 0 Å². The van der Waals surface area contributed by atoms with Crippen LogP contribution in [-0.4, -0.2) is 31.0 Å². The number of rotatable bonds is 4. The monoisotopic (exact) mass is 355 g/mol. The van der Waals surface area contributed by atoms with Gasteiger partial charge in [0.25, 0.3) is 10.0 Å². The Morgan fingerprint density at radius 3 is 1.96 bits per heavy atom. The predicted octanol–water partition coefficient (Wildman–Crippen LogP) is 4.36. The summed E-state index contributed by atoms with van der Waals surface area (Å²) >= 11 is 0. The van der Waals surface area contributed by atoms with Crippen molar-refractivity contribution in [1.82, 2.24) is 4.31 Å². The number of amides is 1. The molecule has 0 saturated carbocycles. The molecule has 1 rings (SSSR count). The highest BCUT2D eigenvalue weighted by Gasteiger charge is 2.33. The Morgan fingerprint density at radius 1 is 1.04 bits per heavy atom. The Morgan fingerprint density at radius 2 is 1.54 bits per heavy atom. The van der Waals surface area contributed by atoms with Crippen molar-refractivity contribution in [2.45, 2.75) is 65.4 Å². The van der Waals surface area contributed by atoms with E-state index in [0.29, 0.717) is 6.42 Å². The first-order valence-electron chi connectivity index (χ1n) is 8.05. The molecule has 1 amide bonds. The van der Waals surface area contributed by atoms with E-state index in [1.54, 1.807) is 32.9 Å². The number of aryl methyl sites for hydroxylation is 1. The van der Waals surface area contributed by atoms with Crippen LogP contribution in [0.5, 0.6) is 0 Å². The summed E-state index contributed by atoms with van der Waals surface area (Å²) in [6, 6.07) is 6.45. The molecule has 1 aromatic carbocycles. The Labute approximate surface area is 146 Å². The molecule has 0 spiro atoms. The van der Waals surface area contributed by atoms with Crippen LogP contribution in [-0.2, 0) is 14.8 Å². The molecule has 0 aromatic heterocycles. The maximum Gasteiger partial charge on any atom is 0.424 e. The van der Waals surface area contributed by atoms with Crippen molar-refractivity contribution < 1.29 is 17.9 Å². The summed E-state index contributed by atoms with van der Waals surface area (Å²) in [5, 5.41) is 0. The zero-order valence-corrected chi connectivity index (χ0v) is 16.5. The van der Waals surface area contributed by atoms with Crippen LogP contribution in [0.1, 0.15) is 53.5 Å². The van der Waals surface area contributed by atoms with Gasteiger partial charge in [-0.2, -0.15) is 0 Å². The van der Waals surface area contributed by atoms with Crippen molar-refractivity contribution in [1.29, 1.82) is 0 Å². The smallest absolute Gasteiger partial charge is 0.424 e. The van der Waals surface area contributed by atoms with Gasteiger partial charge in [0.1, 0.15) is 5.60 Å². The Hall–Kier alpha value is -1.56. The summed E-state index contributed by atoms with van der Waals surface area (Å²) in [5.74, 6) is 0. The van der Waals surface area contributed by atoms with Crippen molar-refractivity contribution in [2.24, 2.45) is 5.41 Å². The Kier molecular flexibility index (Phi) is 6.09. The van der Waals surface area contributed by atoms with E-state index in [1.165, 1.54) is 12.1 Å². The lowest BCUT2D eigenvalue weighted by Crippen LogP contribution is -2.42. The zero-order chi connectivity index (χ0) is 18.8. The van der Waals surface area contributed by atoms with Gasteiger partial charge in [-0.25, -0.2) is 17.5 Å². The summed E-state index contributed by atoms with van der Waals surface area (Å²) in [4.78, 5) is 12.6. The minimum absolute atomic E-state index is 0.0780. The average Bonchev–Trinajstić information content (AvgIpc) is 2.35. The maximum atomic E-state index is 12.9. The highest BCUT2D eigenvalue weighted by molar-refractivity contribution is 7.89. The maximum absolute atomic E-state index is 12.9. The molecule has 5 nitrogen and oxygen atoms in total. The number of carbonyl (C=O) groups is 1. The molecule has 0 aliphatic heterocycles. The molecule has 0 radical (unpaired) electrons. The van der Waals surface area contributed by atoms with Gasteiger partial charge >= 0.3 is 6.09 Å². The zero-order valence-electron chi connectivity index (χ0n) is 15.7. The molecule has 0 atom stereocenters. The lowest BCUT2D eigenvalue weighted by molar-refractivity contribution is 0.0380. The van der Waals surface area contributed by atoms with Crippen LogP contribution in [0.25, 0.3) is 0 Å². The molecule has 24 heavy (non-hydrogen) atoms. The number of hydrogen-bond acceptors (Lipinski definition) is 4. The minimum atomic E-state index is -3.95. The molecule has 136 valence electrons. The van der Waals surface area contributed by atoms with E-state index in [2.05, 4.69) is 0 Å². The number of benzene rings is 1. The van der Waals surface area contributed by atoms with E-state index < -0.39 is 21.7 Å². The summed E-state index contributed by atoms with van der Waals surface area (Å²) < 4.78 is 32.0. The molecule has 6 heteroatoms. The molecule has 0 aliphatic rings. The van der Waals surface area contributed by atoms with Crippen LogP contribution >= 0.6 is 0 Å². The summed E-state index contributed by atoms with van der Waals surface area (Å²) in [5.41, 5.74) is 0.0792. The van der Waals surface area contributed by atoms with Crippen LogP contribution in [0, 0.1) is 12.3 Å². The van der Waals surface area contributed by atoms with Gasteiger partial charge in [-0.1, -0.05) is 38.5 Å². The normalized spacial score (nSPS) is 12.8. The van der Waals surface area contributed by atoms with Gasteiger partial charge in [-0.3, -0.25) is 0 Å². The summed E-state index contributed by atoms with van der Waals surface area (Å²) in [7, 11) is -3.95. The van der Waals surface area contributed by atoms with E-state index in [4.69, 9.17) is 4.74 Å². The topological polar surface area (TPSA) is 63.7 Å². The fourth-order valence-electron chi connectivity index (χ4n) is 1.90. The third-order valence-electron chi connectivity index (χ3n) is 3.27. The molecule has 0 saturated heterocycles. The van der Waals surface area contributed by atoms with Crippen LogP contribution in [0.2, 0.25) is 0 Å². The number of hydrogen-bond donors (Lipinski definition) is 0. The Bertz CT molecular complexity index is 664. The van der Waals surface area contributed by atoms with Gasteiger partial charge in [0, 0.05) is 6.54 Å². The van der Waals surface area contributed by atoms with Crippen LogP contribution in [0.15, 0.2) is 29.2 Å². The van der Waals surface area contributed by atoms with Gasteiger partial charge in [0.05, 0.1) is 4.90 Å². The molecule has 0 N–H and O–H groups in total. The van der Waals surface area contributed by atoms with Crippen LogP contribution < -0.4 is 0 Å². The van der Waals surface area contributed by atoms with Gasteiger partial charge < -0.3 is 4.74 Å². The third-order valence-corrected chi connectivity index (χ3v) is 5.05. The fraction of sp³-hybridized carbons (Fsp3) is 0.611. The third kappa shape index (κ3) is 6.15. The lowest BCUT2D eigenvalue weighted by Gasteiger charge is -2.29. The first kappa shape index (κ1) is 20.5. The van der Waals surface area contributed by atoms with E-state index in [1.807, 2.05) is 27.7 Å². The van der Waals surface area contributed by atoms with Gasteiger partial charge in [-0.15, -0.1) is 0 Å². The molecular formula is C18H29NO4S. The molecular weight excluding hydrogens is 326 g/mol. The van der Waals surface area contributed by atoms with Crippen molar-refractivity contribution in [2.75, 3.05) is 6.54 Å².